The molecule has 1 N–H and O–H groups in total. The fraction of sp³-hybridized carbons (Fsp3) is 0.125. The van der Waals surface area contributed by atoms with Gasteiger partial charge in [-0.2, -0.15) is 31.3 Å². The van der Waals surface area contributed by atoms with E-state index in [0.29, 0.717) is 12.1 Å². The van der Waals surface area contributed by atoms with Gasteiger partial charge in [0.1, 0.15) is 5.82 Å². The van der Waals surface area contributed by atoms with Crippen molar-refractivity contribution in [1.82, 2.24) is 10.1 Å². The molecule has 0 spiro atoms. The van der Waals surface area contributed by atoms with E-state index in [1.165, 1.54) is 0 Å². The second-order valence-corrected chi connectivity index (χ2v) is 7.39. The Bertz CT molecular complexity index is 1170. The van der Waals surface area contributed by atoms with Gasteiger partial charge in [0.2, 0.25) is 5.82 Å². The number of rotatable bonds is 4. The van der Waals surface area contributed by atoms with Crippen molar-refractivity contribution in [2.45, 2.75) is 17.2 Å². The second kappa shape index (κ2) is 7.27. The highest BCUT2D eigenvalue weighted by Gasteiger charge is 2.39. The van der Waals surface area contributed by atoms with Gasteiger partial charge >= 0.3 is 18.2 Å². The van der Waals surface area contributed by atoms with Crippen LogP contribution in [-0.2, 0) is 22.4 Å². The number of alkyl halides is 6. The quantitative estimate of drug-likeness (QED) is 0.576. The molecule has 0 bridgehead atoms. The van der Waals surface area contributed by atoms with Crippen molar-refractivity contribution in [2.24, 2.45) is 0 Å². The number of benzene rings is 2. The first kappa shape index (κ1) is 21.5. The summed E-state index contributed by atoms with van der Waals surface area (Å²) in [6.45, 7) is 0. The van der Waals surface area contributed by atoms with Crippen LogP contribution in [0, 0.1) is 5.82 Å². The first-order valence-corrected chi connectivity index (χ1v) is 9.16. The predicted octanol–water partition coefficient (Wildman–Crippen LogP) is 4.71. The van der Waals surface area contributed by atoms with E-state index in [1.807, 2.05) is 4.72 Å². The average molecular weight is 455 g/mol. The van der Waals surface area contributed by atoms with Gasteiger partial charge in [-0.1, -0.05) is 5.16 Å². The van der Waals surface area contributed by atoms with E-state index in [2.05, 4.69) is 14.7 Å². The minimum Gasteiger partial charge on any atom is -0.329 e. The Balaban J connectivity index is 1.88. The summed E-state index contributed by atoms with van der Waals surface area (Å²) < 4.78 is 120. The Morgan fingerprint density at radius 3 is 2.07 bits per heavy atom. The zero-order valence-electron chi connectivity index (χ0n) is 14.2. The molecule has 1 aromatic heterocycles. The standard InChI is InChI=1S/C16H8F7N3O3S/c17-9-3-6-12(11(7-9)15(18,19)20)30(27,28)26-10-4-1-8(2-5-10)13-24-14(29-25-13)16(21,22)23/h1-7,26H. The highest BCUT2D eigenvalue weighted by molar-refractivity contribution is 7.92. The van der Waals surface area contributed by atoms with E-state index >= 15 is 0 Å². The molecule has 0 aliphatic heterocycles. The van der Waals surface area contributed by atoms with Gasteiger partial charge in [0.25, 0.3) is 10.0 Å². The average Bonchev–Trinajstić information content (AvgIpc) is 3.11. The lowest BCUT2D eigenvalue weighted by atomic mass is 10.2. The summed E-state index contributed by atoms with van der Waals surface area (Å²) in [6.07, 6.45) is -9.99. The van der Waals surface area contributed by atoms with Crippen molar-refractivity contribution in [2.75, 3.05) is 4.72 Å². The second-order valence-electron chi connectivity index (χ2n) is 5.74. The van der Waals surface area contributed by atoms with Crippen LogP contribution in [0.5, 0.6) is 0 Å². The van der Waals surface area contributed by atoms with Crippen molar-refractivity contribution in [3.63, 3.8) is 0 Å². The molecule has 0 amide bonds. The van der Waals surface area contributed by atoms with Crippen LogP contribution in [0.3, 0.4) is 0 Å². The molecule has 3 rings (SSSR count). The van der Waals surface area contributed by atoms with Crippen molar-refractivity contribution in [3.8, 4) is 11.4 Å². The first-order chi connectivity index (χ1) is 13.8. The molecule has 3 aromatic rings. The lowest BCUT2D eigenvalue weighted by molar-refractivity contribution is -0.159. The van der Waals surface area contributed by atoms with E-state index in [4.69, 9.17) is 0 Å². The molecule has 14 heteroatoms. The Kier molecular flexibility index (Phi) is 5.22. The van der Waals surface area contributed by atoms with Crippen LogP contribution < -0.4 is 4.72 Å². The van der Waals surface area contributed by atoms with E-state index < -0.39 is 50.4 Å². The number of anilines is 1. The smallest absolute Gasteiger partial charge is 0.329 e. The molecule has 2 aromatic carbocycles. The van der Waals surface area contributed by atoms with Crippen LogP contribution in [0.1, 0.15) is 11.5 Å². The summed E-state index contributed by atoms with van der Waals surface area (Å²) in [5.74, 6) is -3.29. The first-order valence-electron chi connectivity index (χ1n) is 7.68. The molecule has 0 saturated heterocycles. The van der Waals surface area contributed by atoms with Gasteiger partial charge in [-0.15, -0.1) is 0 Å². The number of sulfonamides is 1. The largest absolute Gasteiger partial charge is 0.471 e. The third-order valence-electron chi connectivity index (χ3n) is 3.60. The summed E-state index contributed by atoms with van der Waals surface area (Å²) in [4.78, 5) is 1.95. The minimum atomic E-state index is -5.13. The maximum atomic E-state index is 13.2. The van der Waals surface area contributed by atoms with Gasteiger partial charge in [-0.3, -0.25) is 4.72 Å². The van der Waals surface area contributed by atoms with Gasteiger partial charge in [-0.25, -0.2) is 12.8 Å². The molecule has 0 saturated carbocycles. The summed E-state index contributed by atoms with van der Waals surface area (Å²) in [5.41, 5.74) is -1.89. The third kappa shape index (κ3) is 4.53. The monoisotopic (exact) mass is 455 g/mol. The Labute approximate surface area is 163 Å². The summed E-state index contributed by atoms with van der Waals surface area (Å²) in [7, 11) is -4.77. The molecular weight excluding hydrogens is 447 g/mol. The van der Waals surface area contributed by atoms with Crippen LogP contribution in [0.2, 0.25) is 0 Å². The van der Waals surface area contributed by atoms with Gasteiger partial charge in [0, 0.05) is 11.3 Å². The van der Waals surface area contributed by atoms with Gasteiger partial charge < -0.3 is 4.52 Å². The molecule has 0 unspecified atom stereocenters. The van der Waals surface area contributed by atoms with Gasteiger partial charge in [-0.05, 0) is 42.5 Å². The molecule has 30 heavy (non-hydrogen) atoms. The molecule has 6 nitrogen and oxygen atoms in total. The predicted molar refractivity (Wildman–Crippen MR) is 86.9 cm³/mol. The molecule has 160 valence electrons. The van der Waals surface area contributed by atoms with Crippen molar-refractivity contribution in [3.05, 3.63) is 59.7 Å². The fourth-order valence-corrected chi connectivity index (χ4v) is 3.58. The van der Waals surface area contributed by atoms with Crippen molar-refractivity contribution < 1.29 is 43.7 Å². The maximum Gasteiger partial charge on any atom is 0.471 e. The van der Waals surface area contributed by atoms with Crippen LogP contribution in [-0.4, -0.2) is 18.6 Å². The topological polar surface area (TPSA) is 85.1 Å². The number of nitrogens with one attached hydrogen (secondary N) is 1. The highest BCUT2D eigenvalue weighted by atomic mass is 32.2. The summed E-state index contributed by atoms with van der Waals surface area (Å²) >= 11 is 0. The zero-order valence-corrected chi connectivity index (χ0v) is 15.0. The Hall–Kier alpha value is -3.16. The lowest BCUT2D eigenvalue weighted by Gasteiger charge is -2.14. The number of hydrogen-bond donors (Lipinski definition) is 1. The minimum absolute atomic E-state index is 0.0231. The Morgan fingerprint density at radius 1 is 0.900 bits per heavy atom. The number of nitrogens with zero attached hydrogens (tertiary/aromatic N) is 2. The maximum absolute atomic E-state index is 13.2. The van der Waals surface area contributed by atoms with Crippen LogP contribution in [0.15, 0.2) is 51.9 Å². The number of aromatic nitrogens is 2. The van der Waals surface area contributed by atoms with Crippen LogP contribution >= 0.6 is 0 Å². The van der Waals surface area contributed by atoms with Crippen LogP contribution in [0.4, 0.5) is 36.4 Å². The number of hydrogen-bond acceptors (Lipinski definition) is 5. The number of halogens is 7. The molecule has 0 aliphatic carbocycles. The van der Waals surface area contributed by atoms with E-state index in [-0.39, 0.29) is 17.3 Å². The zero-order chi connectivity index (χ0) is 22.3. The Morgan fingerprint density at radius 2 is 1.53 bits per heavy atom. The SMILES string of the molecule is O=S(=O)(Nc1ccc(-c2noc(C(F)(F)F)n2)cc1)c1ccc(F)cc1C(F)(F)F. The molecule has 0 radical (unpaired) electrons. The van der Waals surface area contributed by atoms with Crippen molar-refractivity contribution in [1.29, 1.82) is 0 Å². The fourth-order valence-electron chi connectivity index (χ4n) is 2.31. The molecule has 0 atom stereocenters. The molecule has 1 heterocycles. The van der Waals surface area contributed by atoms with Crippen LogP contribution in [0.25, 0.3) is 11.4 Å². The molecule has 0 aliphatic rings. The van der Waals surface area contributed by atoms with Gasteiger partial charge in [0.05, 0.1) is 10.5 Å². The lowest BCUT2D eigenvalue weighted by Crippen LogP contribution is -2.19. The van der Waals surface area contributed by atoms with E-state index in [1.54, 1.807) is 0 Å². The summed E-state index contributed by atoms with van der Waals surface area (Å²) in [5, 5.41) is 3.15. The summed E-state index contributed by atoms with van der Waals surface area (Å²) in [6, 6.07) is 5.44. The van der Waals surface area contributed by atoms with Gasteiger partial charge in [0.15, 0.2) is 0 Å². The normalized spacial score (nSPS) is 12.8. The molecular formula is C16H8F7N3O3S. The highest BCUT2D eigenvalue weighted by Crippen LogP contribution is 2.35. The van der Waals surface area contributed by atoms with E-state index in [0.717, 1.165) is 24.3 Å². The van der Waals surface area contributed by atoms with Crippen molar-refractivity contribution >= 4 is 15.7 Å². The van der Waals surface area contributed by atoms with E-state index in [9.17, 15) is 39.2 Å². The third-order valence-corrected chi connectivity index (χ3v) is 5.04. The molecule has 0 fully saturated rings.